The van der Waals surface area contributed by atoms with Crippen LogP contribution in [0.4, 0.5) is 10.9 Å². The molecule has 1 N–H and O–H groups in total. The molecule has 33 heavy (non-hydrogen) atoms. The zero-order chi connectivity index (χ0) is 22.8. The number of ether oxygens (including phenoxy) is 2. The number of nitrogens with zero attached hydrogens (tertiary/aromatic N) is 6. The first-order chi connectivity index (χ1) is 16.2. The number of methoxy groups -OCH3 is 2. The Bertz CT molecular complexity index is 1260. The lowest BCUT2D eigenvalue weighted by molar-refractivity contribution is 0.184. The van der Waals surface area contributed by atoms with E-state index < -0.39 is 0 Å². The predicted octanol–water partition coefficient (Wildman–Crippen LogP) is 4.17. The Kier molecular flexibility index (Phi) is 6.10. The van der Waals surface area contributed by atoms with Crippen molar-refractivity contribution in [3.05, 3.63) is 47.0 Å². The SMILES string of the molecule is COCCn1nc2c(c1Nc1nc(-c3ccc(-n4cnc(C)c4)c(OC)n3)cs1)CCCC2. The molecule has 0 spiro atoms. The molecule has 4 heterocycles. The summed E-state index contributed by atoms with van der Waals surface area (Å²) in [7, 11) is 3.34. The minimum absolute atomic E-state index is 0.527. The molecule has 0 saturated heterocycles. The Morgan fingerprint density at radius 1 is 1.12 bits per heavy atom. The van der Waals surface area contributed by atoms with Gasteiger partial charge in [0.25, 0.3) is 0 Å². The van der Waals surface area contributed by atoms with Crippen LogP contribution >= 0.6 is 11.3 Å². The molecule has 9 nitrogen and oxygen atoms in total. The van der Waals surface area contributed by atoms with E-state index in [0.717, 1.165) is 46.6 Å². The van der Waals surface area contributed by atoms with E-state index in [0.29, 0.717) is 19.0 Å². The number of aromatic nitrogens is 6. The average molecular weight is 466 g/mol. The second kappa shape index (κ2) is 9.32. The summed E-state index contributed by atoms with van der Waals surface area (Å²) in [6, 6.07) is 3.93. The highest BCUT2D eigenvalue weighted by molar-refractivity contribution is 7.14. The standard InChI is InChI=1S/C23H27N7O2S/c1-15-12-29(14-24-15)20-9-8-18(25-22(20)32-3)19-13-33-23(26-19)27-21-16-6-4-5-7-17(16)28-30(21)10-11-31-2/h8-9,12-14H,4-7,10-11H2,1-3H3,(H,26,27). The minimum Gasteiger partial charge on any atom is -0.479 e. The van der Waals surface area contributed by atoms with Gasteiger partial charge in [-0.05, 0) is 44.7 Å². The number of hydrogen-bond acceptors (Lipinski definition) is 8. The van der Waals surface area contributed by atoms with Crippen molar-refractivity contribution < 1.29 is 9.47 Å². The van der Waals surface area contributed by atoms with E-state index in [1.165, 1.54) is 24.1 Å². The first-order valence-corrected chi connectivity index (χ1v) is 11.9. The number of anilines is 2. The van der Waals surface area contributed by atoms with Gasteiger partial charge in [0.2, 0.25) is 5.88 Å². The highest BCUT2D eigenvalue weighted by Crippen LogP contribution is 2.33. The van der Waals surface area contributed by atoms with Crippen molar-refractivity contribution in [3.8, 4) is 23.0 Å². The minimum atomic E-state index is 0.527. The number of fused-ring (bicyclic) bond motifs is 1. The smallest absolute Gasteiger partial charge is 0.238 e. The van der Waals surface area contributed by atoms with Crippen LogP contribution in [-0.2, 0) is 24.1 Å². The fraction of sp³-hybridized carbons (Fsp3) is 0.391. The molecule has 0 atom stereocenters. The van der Waals surface area contributed by atoms with Gasteiger partial charge in [0.1, 0.15) is 17.2 Å². The van der Waals surface area contributed by atoms with Gasteiger partial charge in [-0.25, -0.2) is 19.6 Å². The van der Waals surface area contributed by atoms with E-state index >= 15 is 0 Å². The number of pyridine rings is 1. The van der Waals surface area contributed by atoms with Crippen LogP contribution in [0.2, 0.25) is 0 Å². The van der Waals surface area contributed by atoms with Crippen LogP contribution in [0.25, 0.3) is 17.1 Å². The molecule has 172 valence electrons. The largest absolute Gasteiger partial charge is 0.479 e. The summed E-state index contributed by atoms with van der Waals surface area (Å²) >= 11 is 1.55. The number of imidazole rings is 1. The fourth-order valence-electron chi connectivity index (χ4n) is 4.11. The molecular formula is C23H27N7O2S. The van der Waals surface area contributed by atoms with Crippen molar-refractivity contribution in [2.45, 2.75) is 39.2 Å². The molecule has 10 heteroatoms. The molecule has 0 aliphatic heterocycles. The van der Waals surface area contributed by atoms with Crippen molar-refractivity contribution in [1.29, 1.82) is 0 Å². The zero-order valence-corrected chi connectivity index (χ0v) is 19.9. The molecule has 5 rings (SSSR count). The Labute approximate surface area is 196 Å². The lowest BCUT2D eigenvalue weighted by atomic mass is 9.97. The second-order valence-corrected chi connectivity index (χ2v) is 8.87. The van der Waals surface area contributed by atoms with Crippen LogP contribution in [0.15, 0.2) is 30.0 Å². The lowest BCUT2D eigenvalue weighted by Crippen LogP contribution is -2.09. The van der Waals surface area contributed by atoms with Gasteiger partial charge in [0.15, 0.2) is 5.13 Å². The van der Waals surface area contributed by atoms with E-state index in [-0.39, 0.29) is 0 Å². The van der Waals surface area contributed by atoms with Crippen LogP contribution in [0.3, 0.4) is 0 Å². The van der Waals surface area contributed by atoms with E-state index in [9.17, 15) is 0 Å². The second-order valence-electron chi connectivity index (χ2n) is 8.01. The summed E-state index contributed by atoms with van der Waals surface area (Å²) < 4.78 is 14.8. The number of aryl methyl sites for hydroxylation is 2. The topological polar surface area (TPSA) is 91.9 Å². The van der Waals surface area contributed by atoms with E-state index in [1.807, 2.05) is 39.9 Å². The first-order valence-electron chi connectivity index (χ1n) is 11.0. The van der Waals surface area contributed by atoms with Crippen molar-refractivity contribution in [2.75, 3.05) is 26.1 Å². The molecule has 4 aromatic rings. The molecule has 0 aromatic carbocycles. The quantitative estimate of drug-likeness (QED) is 0.417. The monoisotopic (exact) mass is 465 g/mol. The summed E-state index contributed by atoms with van der Waals surface area (Å²) in [6.07, 6.45) is 8.14. The molecule has 0 saturated carbocycles. The van der Waals surface area contributed by atoms with Crippen molar-refractivity contribution in [1.82, 2.24) is 29.3 Å². The van der Waals surface area contributed by atoms with Crippen LogP contribution in [0.5, 0.6) is 5.88 Å². The number of nitrogens with one attached hydrogen (secondary N) is 1. The van der Waals surface area contributed by atoms with Gasteiger partial charge in [-0.15, -0.1) is 11.3 Å². The molecule has 0 bridgehead atoms. The Morgan fingerprint density at radius 2 is 2.00 bits per heavy atom. The maximum Gasteiger partial charge on any atom is 0.238 e. The average Bonchev–Trinajstić information content (AvgIpc) is 3.57. The van der Waals surface area contributed by atoms with E-state index in [1.54, 1.807) is 31.9 Å². The third-order valence-corrected chi connectivity index (χ3v) is 6.50. The molecule has 0 unspecified atom stereocenters. The Morgan fingerprint density at radius 3 is 2.79 bits per heavy atom. The fourth-order valence-corrected chi connectivity index (χ4v) is 4.81. The van der Waals surface area contributed by atoms with Crippen molar-refractivity contribution in [2.24, 2.45) is 0 Å². The summed E-state index contributed by atoms with van der Waals surface area (Å²) in [5.74, 6) is 1.55. The van der Waals surface area contributed by atoms with E-state index in [2.05, 4.69) is 10.3 Å². The van der Waals surface area contributed by atoms with Gasteiger partial charge in [-0.2, -0.15) is 5.10 Å². The number of rotatable bonds is 8. The van der Waals surface area contributed by atoms with Crippen molar-refractivity contribution >= 4 is 22.3 Å². The highest BCUT2D eigenvalue weighted by Gasteiger charge is 2.22. The zero-order valence-electron chi connectivity index (χ0n) is 19.0. The third kappa shape index (κ3) is 4.36. The van der Waals surface area contributed by atoms with Gasteiger partial charge in [-0.1, -0.05) is 0 Å². The van der Waals surface area contributed by atoms with Crippen LogP contribution in [-0.4, -0.2) is 50.1 Å². The Hall–Kier alpha value is -3.24. The van der Waals surface area contributed by atoms with E-state index in [4.69, 9.17) is 24.5 Å². The summed E-state index contributed by atoms with van der Waals surface area (Å²) in [4.78, 5) is 13.8. The van der Waals surface area contributed by atoms with Crippen LogP contribution in [0, 0.1) is 6.92 Å². The third-order valence-electron chi connectivity index (χ3n) is 5.75. The van der Waals surface area contributed by atoms with Crippen LogP contribution < -0.4 is 10.1 Å². The highest BCUT2D eigenvalue weighted by atomic mass is 32.1. The normalized spacial score (nSPS) is 13.2. The summed E-state index contributed by atoms with van der Waals surface area (Å²) in [5.41, 5.74) is 5.81. The molecule has 0 fully saturated rings. The van der Waals surface area contributed by atoms with Gasteiger partial charge in [0.05, 0.1) is 43.7 Å². The summed E-state index contributed by atoms with van der Waals surface area (Å²) in [5, 5.41) is 11.2. The van der Waals surface area contributed by atoms with Gasteiger partial charge < -0.3 is 19.4 Å². The lowest BCUT2D eigenvalue weighted by Gasteiger charge is -2.12. The maximum absolute atomic E-state index is 5.56. The van der Waals surface area contributed by atoms with Gasteiger partial charge >= 0.3 is 0 Å². The molecular weight excluding hydrogens is 438 g/mol. The number of hydrogen-bond donors (Lipinski definition) is 1. The molecule has 1 aliphatic rings. The molecule has 4 aromatic heterocycles. The Balaban J connectivity index is 1.42. The maximum atomic E-state index is 5.56. The molecule has 1 aliphatic carbocycles. The number of thiazole rings is 1. The predicted molar refractivity (Wildman–Crippen MR) is 128 cm³/mol. The molecule has 0 amide bonds. The van der Waals surface area contributed by atoms with Crippen molar-refractivity contribution in [3.63, 3.8) is 0 Å². The first kappa shape index (κ1) is 21.6. The van der Waals surface area contributed by atoms with Gasteiger partial charge in [0, 0.05) is 24.3 Å². The van der Waals surface area contributed by atoms with Gasteiger partial charge in [-0.3, -0.25) is 0 Å². The molecule has 0 radical (unpaired) electrons. The van der Waals surface area contributed by atoms with Crippen LogP contribution in [0.1, 0.15) is 29.8 Å². The summed E-state index contributed by atoms with van der Waals surface area (Å²) in [6.45, 7) is 3.27.